The van der Waals surface area contributed by atoms with Crippen LogP contribution in [0.3, 0.4) is 0 Å². The highest BCUT2D eigenvalue weighted by molar-refractivity contribution is 5.90. The highest BCUT2D eigenvalue weighted by Crippen LogP contribution is 2.27. The average molecular weight is 449 g/mol. The normalized spacial score (nSPS) is 18.3. The number of nitrogens with one attached hydrogen (secondary N) is 2. The first-order valence-electron chi connectivity index (χ1n) is 11.5. The molecule has 0 aliphatic heterocycles. The Morgan fingerprint density at radius 1 is 1.03 bits per heavy atom. The summed E-state index contributed by atoms with van der Waals surface area (Å²) in [5.41, 5.74) is 3.70. The molecule has 1 aliphatic rings. The Bertz CT molecular complexity index is 1130. The number of nitro groups is 1. The Morgan fingerprint density at radius 2 is 1.67 bits per heavy atom. The van der Waals surface area contributed by atoms with Crippen LogP contribution < -0.4 is 15.5 Å². The number of nitrogens with zero attached hydrogens (tertiary/aromatic N) is 4. The standard InChI is InChI=1S/C25H32N6O2/c1-16-13-18(14-17(2)23(16)31(32)33)15-26-19-9-11-20(12-10-19)27-25-28-22-8-6-5-7-21(22)24(29-25)30(3)4/h5-8,13-14,19-20,26H,9-12,15H2,1-4H3,(H,27,28,29)/t19-,20+. The van der Waals surface area contributed by atoms with Crippen LogP contribution in [0.1, 0.15) is 42.4 Å². The predicted octanol–water partition coefficient (Wildman–Crippen LogP) is 4.73. The summed E-state index contributed by atoms with van der Waals surface area (Å²) >= 11 is 0. The fourth-order valence-corrected chi connectivity index (χ4v) is 4.79. The van der Waals surface area contributed by atoms with Crippen LogP contribution in [0, 0.1) is 24.0 Å². The van der Waals surface area contributed by atoms with Crippen molar-refractivity contribution in [2.24, 2.45) is 0 Å². The number of anilines is 2. The lowest BCUT2D eigenvalue weighted by Crippen LogP contribution is -2.37. The Balaban J connectivity index is 1.34. The van der Waals surface area contributed by atoms with E-state index in [1.54, 1.807) is 0 Å². The molecule has 8 heteroatoms. The van der Waals surface area contributed by atoms with Crippen LogP contribution in [0.15, 0.2) is 36.4 Å². The minimum atomic E-state index is -0.295. The van der Waals surface area contributed by atoms with Gasteiger partial charge in [-0.1, -0.05) is 12.1 Å². The number of benzene rings is 2. The van der Waals surface area contributed by atoms with E-state index in [1.807, 2.05) is 63.2 Å². The second kappa shape index (κ2) is 9.70. The lowest BCUT2D eigenvalue weighted by atomic mass is 9.91. The van der Waals surface area contributed by atoms with E-state index < -0.39 is 0 Å². The zero-order valence-corrected chi connectivity index (χ0v) is 19.8. The molecule has 1 saturated carbocycles. The topological polar surface area (TPSA) is 96.2 Å². The van der Waals surface area contributed by atoms with Gasteiger partial charge in [0.25, 0.3) is 5.69 Å². The summed E-state index contributed by atoms with van der Waals surface area (Å²) in [6.45, 7) is 4.34. The first kappa shape index (κ1) is 22.9. The molecule has 2 aromatic carbocycles. The van der Waals surface area contributed by atoms with Gasteiger partial charge in [0.15, 0.2) is 0 Å². The molecule has 1 heterocycles. The van der Waals surface area contributed by atoms with Crippen LogP contribution in [0.4, 0.5) is 17.5 Å². The number of nitro benzene ring substituents is 1. The lowest BCUT2D eigenvalue weighted by molar-refractivity contribution is -0.386. The Kier molecular flexibility index (Phi) is 6.74. The van der Waals surface area contributed by atoms with Gasteiger partial charge >= 0.3 is 0 Å². The number of hydrogen-bond donors (Lipinski definition) is 2. The summed E-state index contributed by atoms with van der Waals surface area (Å²) < 4.78 is 0. The summed E-state index contributed by atoms with van der Waals surface area (Å²) in [5.74, 6) is 1.61. The first-order valence-corrected chi connectivity index (χ1v) is 11.5. The molecule has 33 heavy (non-hydrogen) atoms. The molecule has 174 valence electrons. The Labute approximate surface area is 194 Å². The van der Waals surface area contributed by atoms with E-state index >= 15 is 0 Å². The van der Waals surface area contributed by atoms with Gasteiger partial charge in [0, 0.05) is 49.2 Å². The van der Waals surface area contributed by atoms with E-state index in [2.05, 4.69) is 16.7 Å². The Morgan fingerprint density at radius 3 is 2.30 bits per heavy atom. The molecule has 1 aromatic heterocycles. The smallest absolute Gasteiger partial charge is 0.275 e. The second-order valence-electron chi connectivity index (χ2n) is 9.19. The molecule has 0 saturated heterocycles. The zero-order chi connectivity index (χ0) is 23.5. The van der Waals surface area contributed by atoms with E-state index in [0.717, 1.165) is 65.6 Å². The number of rotatable bonds is 7. The highest BCUT2D eigenvalue weighted by atomic mass is 16.6. The number of para-hydroxylation sites is 1. The van der Waals surface area contributed by atoms with Gasteiger partial charge in [-0.2, -0.15) is 4.98 Å². The quantitative estimate of drug-likeness (QED) is 0.398. The summed E-state index contributed by atoms with van der Waals surface area (Å²) in [4.78, 5) is 22.4. The number of fused-ring (bicyclic) bond motifs is 1. The minimum absolute atomic E-state index is 0.221. The average Bonchev–Trinajstić information content (AvgIpc) is 2.77. The minimum Gasteiger partial charge on any atom is -0.362 e. The maximum atomic E-state index is 11.2. The molecule has 0 spiro atoms. The van der Waals surface area contributed by atoms with Crippen molar-refractivity contribution in [2.75, 3.05) is 24.3 Å². The van der Waals surface area contributed by atoms with Crippen molar-refractivity contribution in [1.29, 1.82) is 0 Å². The van der Waals surface area contributed by atoms with Crippen molar-refractivity contribution in [3.05, 3.63) is 63.2 Å². The zero-order valence-electron chi connectivity index (χ0n) is 19.8. The second-order valence-corrected chi connectivity index (χ2v) is 9.19. The van der Waals surface area contributed by atoms with Crippen molar-refractivity contribution in [3.8, 4) is 0 Å². The van der Waals surface area contributed by atoms with Crippen LogP contribution in [0.2, 0.25) is 0 Å². The SMILES string of the molecule is Cc1cc(CN[C@H]2CC[C@@H](Nc3nc(N(C)C)c4ccccc4n3)CC2)cc(C)c1[N+](=O)[O-]. The predicted molar refractivity (Wildman–Crippen MR) is 133 cm³/mol. The number of aromatic nitrogens is 2. The molecule has 4 rings (SSSR count). The molecule has 1 fully saturated rings. The molecule has 0 radical (unpaired) electrons. The monoisotopic (exact) mass is 448 g/mol. The van der Waals surface area contributed by atoms with Gasteiger partial charge in [-0.05, 0) is 69.4 Å². The fourth-order valence-electron chi connectivity index (χ4n) is 4.79. The first-order chi connectivity index (χ1) is 15.8. The van der Waals surface area contributed by atoms with E-state index in [1.165, 1.54) is 0 Å². The van der Waals surface area contributed by atoms with Gasteiger partial charge in [0.2, 0.25) is 5.95 Å². The van der Waals surface area contributed by atoms with Gasteiger partial charge < -0.3 is 15.5 Å². The van der Waals surface area contributed by atoms with Gasteiger partial charge in [-0.15, -0.1) is 0 Å². The van der Waals surface area contributed by atoms with E-state index in [4.69, 9.17) is 9.97 Å². The molecular weight excluding hydrogens is 416 g/mol. The largest absolute Gasteiger partial charge is 0.362 e. The van der Waals surface area contributed by atoms with E-state index in [-0.39, 0.29) is 10.6 Å². The van der Waals surface area contributed by atoms with Crippen LogP contribution in [0.25, 0.3) is 10.9 Å². The van der Waals surface area contributed by atoms with Gasteiger partial charge in [-0.25, -0.2) is 4.98 Å². The van der Waals surface area contributed by atoms with E-state index in [9.17, 15) is 10.1 Å². The molecule has 3 aromatic rings. The number of aryl methyl sites for hydroxylation is 2. The third-order valence-corrected chi connectivity index (χ3v) is 6.40. The van der Waals surface area contributed by atoms with Crippen LogP contribution in [0.5, 0.6) is 0 Å². The lowest BCUT2D eigenvalue weighted by Gasteiger charge is -2.30. The maximum Gasteiger partial charge on any atom is 0.275 e. The molecule has 1 aliphatic carbocycles. The molecule has 8 nitrogen and oxygen atoms in total. The van der Waals surface area contributed by atoms with Crippen LogP contribution >= 0.6 is 0 Å². The summed E-state index contributed by atoms with van der Waals surface area (Å²) in [6.07, 6.45) is 4.22. The summed E-state index contributed by atoms with van der Waals surface area (Å²) in [7, 11) is 4.01. The van der Waals surface area contributed by atoms with Crippen molar-refractivity contribution in [1.82, 2.24) is 15.3 Å². The van der Waals surface area contributed by atoms with Crippen molar-refractivity contribution < 1.29 is 4.92 Å². The third kappa shape index (κ3) is 5.22. The van der Waals surface area contributed by atoms with Gasteiger partial charge in [0.05, 0.1) is 10.4 Å². The number of hydrogen-bond acceptors (Lipinski definition) is 7. The third-order valence-electron chi connectivity index (χ3n) is 6.40. The molecule has 0 atom stereocenters. The van der Waals surface area contributed by atoms with Crippen molar-refractivity contribution >= 4 is 28.4 Å². The van der Waals surface area contributed by atoms with Crippen LogP contribution in [-0.2, 0) is 6.54 Å². The van der Waals surface area contributed by atoms with Gasteiger partial charge in [0.1, 0.15) is 5.82 Å². The molecule has 0 amide bonds. The highest BCUT2D eigenvalue weighted by Gasteiger charge is 2.22. The van der Waals surface area contributed by atoms with Gasteiger partial charge in [-0.3, -0.25) is 10.1 Å². The molecular formula is C25H32N6O2. The van der Waals surface area contributed by atoms with Crippen molar-refractivity contribution in [2.45, 2.75) is 58.2 Å². The van der Waals surface area contributed by atoms with Crippen molar-refractivity contribution in [3.63, 3.8) is 0 Å². The maximum absolute atomic E-state index is 11.2. The summed E-state index contributed by atoms with van der Waals surface area (Å²) in [6, 6.07) is 12.7. The van der Waals surface area contributed by atoms with Crippen LogP contribution in [-0.4, -0.2) is 41.1 Å². The van der Waals surface area contributed by atoms with E-state index in [0.29, 0.717) is 18.0 Å². The summed E-state index contributed by atoms with van der Waals surface area (Å²) in [5, 5.41) is 19.5. The molecule has 2 N–H and O–H groups in total. The molecule has 0 unspecified atom stereocenters. The fraction of sp³-hybridized carbons (Fsp3) is 0.440. The molecule has 0 bridgehead atoms. The Hall–Kier alpha value is -3.26.